The third kappa shape index (κ3) is 4.78. The number of aliphatic hydroxyl groups excluding tert-OH is 2. The average molecular weight is 254 g/mol. The highest BCUT2D eigenvalue weighted by Gasteiger charge is 2.30. The van der Waals surface area contributed by atoms with Crippen LogP contribution in [0.4, 0.5) is 0 Å². The number of aliphatic hydroxyl groups is 2. The Bertz CT molecular complexity index is 377. The Morgan fingerprint density at radius 1 is 1.39 bits per heavy atom. The fourth-order valence-corrected chi connectivity index (χ4v) is 1.72. The van der Waals surface area contributed by atoms with Gasteiger partial charge < -0.3 is 19.7 Å². The number of hydrogen-bond donors (Lipinski definition) is 2. The van der Waals surface area contributed by atoms with Crippen LogP contribution in [0.25, 0.3) is 0 Å². The van der Waals surface area contributed by atoms with Gasteiger partial charge in [0.05, 0.1) is 18.3 Å². The number of carbonyl (C=O) groups is 1. The summed E-state index contributed by atoms with van der Waals surface area (Å²) in [6.07, 6.45) is 5.14. The second-order valence-electron chi connectivity index (χ2n) is 4.69. The Hall–Kier alpha value is -1.51. The molecule has 0 aromatic rings. The van der Waals surface area contributed by atoms with Gasteiger partial charge >= 0.3 is 5.97 Å². The maximum Gasteiger partial charge on any atom is 0.337 e. The predicted molar refractivity (Wildman–Crippen MR) is 64.0 cm³/mol. The monoisotopic (exact) mass is 254 g/mol. The first-order valence-corrected chi connectivity index (χ1v) is 5.74. The number of carbonyl (C=O) groups excluding carboxylic acids is 1. The van der Waals surface area contributed by atoms with Gasteiger partial charge in [0.15, 0.2) is 0 Å². The standard InChI is InChI=1S/C13H18O5/c1-4-5-9(14)6-10(15)7-11-8-12(16)18-13(2,3)17-11/h1,8-10,14-15H,5-7H2,2-3H3/t9-,10-/m1/s1. The molecule has 2 N–H and O–H groups in total. The predicted octanol–water partition coefficient (Wildman–Crippen LogP) is 0.705. The quantitative estimate of drug-likeness (QED) is 0.558. The third-order valence-corrected chi connectivity index (χ3v) is 2.34. The molecular formula is C13H18O5. The van der Waals surface area contributed by atoms with E-state index in [9.17, 15) is 15.0 Å². The molecule has 100 valence electrons. The van der Waals surface area contributed by atoms with Crippen LogP contribution in [-0.2, 0) is 14.3 Å². The molecule has 1 rings (SSSR count). The normalized spacial score (nSPS) is 21.1. The van der Waals surface area contributed by atoms with Crippen LogP contribution < -0.4 is 0 Å². The van der Waals surface area contributed by atoms with Crippen LogP contribution in [0.2, 0.25) is 0 Å². The van der Waals surface area contributed by atoms with Gasteiger partial charge in [-0.05, 0) is 0 Å². The van der Waals surface area contributed by atoms with E-state index >= 15 is 0 Å². The lowest BCUT2D eigenvalue weighted by molar-refractivity contribution is -0.206. The molecule has 1 heterocycles. The highest BCUT2D eigenvalue weighted by atomic mass is 16.7. The number of hydrogen-bond acceptors (Lipinski definition) is 5. The maximum absolute atomic E-state index is 11.3. The first kappa shape index (κ1) is 14.6. The molecule has 0 unspecified atom stereocenters. The van der Waals surface area contributed by atoms with E-state index in [0.29, 0.717) is 5.76 Å². The molecule has 1 aliphatic heterocycles. The average Bonchev–Trinajstić information content (AvgIpc) is 2.12. The minimum Gasteiger partial charge on any atom is -0.457 e. The molecule has 0 fully saturated rings. The van der Waals surface area contributed by atoms with E-state index in [0.717, 1.165) is 0 Å². The zero-order chi connectivity index (χ0) is 13.8. The van der Waals surface area contributed by atoms with Crippen LogP contribution in [-0.4, -0.2) is 34.2 Å². The van der Waals surface area contributed by atoms with Crippen molar-refractivity contribution in [1.82, 2.24) is 0 Å². The molecule has 5 heteroatoms. The summed E-state index contributed by atoms with van der Waals surface area (Å²) in [4.78, 5) is 11.3. The highest BCUT2D eigenvalue weighted by molar-refractivity contribution is 5.83. The van der Waals surface area contributed by atoms with Crippen molar-refractivity contribution in [3.8, 4) is 12.3 Å². The first-order valence-electron chi connectivity index (χ1n) is 5.74. The second kappa shape index (κ2) is 5.89. The molecule has 0 aliphatic carbocycles. The Morgan fingerprint density at radius 3 is 2.61 bits per heavy atom. The van der Waals surface area contributed by atoms with Crippen molar-refractivity contribution < 1.29 is 24.5 Å². The van der Waals surface area contributed by atoms with Gasteiger partial charge in [-0.2, -0.15) is 0 Å². The van der Waals surface area contributed by atoms with Crippen LogP contribution in [0.15, 0.2) is 11.8 Å². The van der Waals surface area contributed by atoms with Gasteiger partial charge in [0.2, 0.25) is 5.79 Å². The van der Waals surface area contributed by atoms with E-state index in [1.807, 2.05) is 0 Å². The summed E-state index contributed by atoms with van der Waals surface area (Å²) in [5.74, 6) is 1.13. The Morgan fingerprint density at radius 2 is 2.06 bits per heavy atom. The van der Waals surface area contributed by atoms with Crippen LogP contribution in [0.1, 0.15) is 33.1 Å². The molecule has 0 amide bonds. The van der Waals surface area contributed by atoms with Gasteiger partial charge in [-0.1, -0.05) is 0 Å². The minimum atomic E-state index is -1.03. The number of terminal acetylenes is 1. The molecule has 0 spiro atoms. The summed E-state index contributed by atoms with van der Waals surface area (Å²) in [5, 5.41) is 19.2. The summed E-state index contributed by atoms with van der Waals surface area (Å²) < 4.78 is 10.3. The molecule has 18 heavy (non-hydrogen) atoms. The van der Waals surface area contributed by atoms with Crippen molar-refractivity contribution in [2.24, 2.45) is 0 Å². The van der Waals surface area contributed by atoms with Gasteiger partial charge in [0.1, 0.15) is 5.76 Å². The van der Waals surface area contributed by atoms with Crippen LogP contribution in [0.5, 0.6) is 0 Å². The fraction of sp³-hybridized carbons (Fsp3) is 0.615. The summed E-state index contributed by atoms with van der Waals surface area (Å²) in [7, 11) is 0. The number of rotatable bonds is 5. The van der Waals surface area contributed by atoms with E-state index in [-0.39, 0.29) is 19.3 Å². The third-order valence-electron chi connectivity index (χ3n) is 2.34. The number of ether oxygens (including phenoxy) is 2. The van der Waals surface area contributed by atoms with E-state index in [2.05, 4.69) is 5.92 Å². The lowest BCUT2D eigenvalue weighted by Gasteiger charge is -2.31. The molecule has 1 aliphatic rings. The van der Waals surface area contributed by atoms with Gasteiger partial charge in [0, 0.05) is 33.1 Å². The van der Waals surface area contributed by atoms with E-state index in [1.165, 1.54) is 6.08 Å². The van der Waals surface area contributed by atoms with Crippen molar-refractivity contribution in [2.45, 2.75) is 51.1 Å². The largest absolute Gasteiger partial charge is 0.457 e. The molecule has 0 aromatic heterocycles. The number of cyclic esters (lactones) is 1. The molecule has 0 bridgehead atoms. The van der Waals surface area contributed by atoms with Gasteiger partial charge in [-0.15, -0.1) is 12.3 Å². The van der Waals surface area contributed by atoms with E-state index < -0.39 is 24.0 Å². The Kier molecular flexibility index (Phi) is 4.76. The van der Waals surface area contributed by atoms with Crippen molar-refractivity contribution in [3.63, 3.8) is 0 Å². The van der Waals surface area contributed by atoms with Gasteiger partial charge in [0.25, 0.3) is 0 Å². The van der Waals surface area contributed by atoms with Crippen LogP contribution in [0.3, 0.4) is 0 Å². The fourth-order valence-electron chi connectivity index (χ4n) is 1.72. The molecule has 0 aromatic carbocycles. The van der Waals surface area contributed by atoms with Crippen molar-refractivity contribution >= 4 is 5.97 Å². The molecule has 5 nitrogen and oxygen atoms in total. The van der Waals surface area contributed by atoms with E-state index in [1.54, 1.807) is 13.8 Å². The summed E-state index contributed by atoms with van der Waals surface area (Å²) in [6, 6.07) is 0. The second-order valence-corrected chi connectivity index (χ2v) is 4.69. The van der Waals surface area contributed by atoms with Crippen LogP contribution >= 0.6 is 0 Å². The SMILES string of the molecule is C#CC[C@@H](O)C[C@@H](O)CC1=CC(=O)OC(C)(C)O1. The summed E-state index contributed by atoms with van der Waals surface area (Å²) in [5.41, 5.74) is 0. The minimum absolute atomic E-state index is 0.139. The maximum atomic E-state index is 11.3. The Labute approximate surface area is 106 Å². The molecular weight excluding hydrogens is 236 g/mol. The van der Waals surface area contributed by atoms with Gasteiger partial charge in [-0.3, -0.25) is 0 Å². The van der Waals surface area contributed by atoms with E-state index in [4.69, 9.17) is 15.9 Å². The lowest BCUT2D eigenvalue weighted by atomic mass is 10.1. The topological polar surface area (TPSA) is 76.0 Å². The van der Waals surface area contributed by atoms with Crippen molar-refractivity contribution in [1.29, 1.82) is 0 Å². The lowest BCUT2D eigenvalue weighted by Crippen LogP contribution is -2.35. The number of esters is 1. The molecule has 2 atom stereocenters. The molecule has 0 saturated heterocycles. The first-order chi connectivity index (χ1) is 8.32. The van der Waals surface area contributed by atoms with Crippen LogP contribution in [0, 0.1) is 12.3 Å². The zero-order valence-electron chi connectivity index (χ0n) is 10.5. The highest BCUT2D eigenvalue weighted by Crippen LogP contribution is 2.25. The van der Waals surface area contributed by atoms with Crippen molar-refractivity contribution in [3.05, 3.63) is 11.8 Å². The molecule has 0 radical (unpaired) electrons. The summed E-state index contributed by atoms with van der Waals surface area (Å²) in [6.45, 7) is 3.22. The Balaban J connectivity index is 2.52. The molecule has 0 saturated carbocycles. The smallest absolute Gasteiger partial charge is 0.337 e. The van der Waals surface area contributed by atoms with Crippen molar-refractivity contribution in [2.75, 3.05) is 0 Å². The zero-order valence-corrected chi connectivity index (χ0v) is 10.5. The summed E-state index contributed by atoms with van der Waals surface area (Å²) >= 11 is 0. The van der Waals surface area contributed by atoms with Gasteiger partial charge in [-0.25, -0.2) is 4.79 Å².